The molecule has 0 spiro atoms. The Bertz CT molecular complexity index is 529. The maximum atomic E-state index is 9.17. The molecule has 88 valence electrons. The lowest BCUT2D eigenvalue weighted by Crippen LogP contribution is -1.92. The molecule has 2 rings (SSSR count). The third-order valence-corrected chi connectivity index (χ3v) is 3.28. The highest BCUT2D eigenvalue weighted by Gasteiger charge is 2.04. The summed E-state index contributed by atoms with van der Waals surface area (Å²) in [5.74, 6) is 1.37. The summed E-state index contributed by atoms with van der Waals surface area (Å²) >= 11 is 3.44. The fourth-order valence-electron chi connectivity index (χ4n) is 1.44. The number of hydrogen-bond donors (Lipinski definition) is 1. The average Bonchev–Trinajstić information content (AvgIpc) is 2.34. The van der Waals surface area contributed by atoms with Crippen molar-refractivity contribution in [2.45, 2.75) is 13.5 Å². The fraction of sp³-hybridized carbons (Fsp3) is 0.154. The Hall–Kier alpha value is -1.39. The van der Waals surface area contributed by atoms with Gasteiger partial charge in [-0.3, -0.25) is 4.98 Å². The molecule has 0 bridgehead atoms. The number of aliphatic hydroxyl groups is 1. The predicted molar refractivity (Wildman–Crippen MR) is 69.1 cm³/mol. The van der Waals surface area contributed by atoms with E-state index in [0.29, 0.717) is 11.3 Å². The number of hydrogen-bond acceptors (Lipinski definition) is 3. The Labute approximate surface area is 108 Å². The molecule has 1 N–H and O–H groups in total. The number of rotatable bonds is 3. The number of aryl methyl sites for hydroxylation is 1. The van der Waals surface area contributed by atoms with Gasteiger partial charge in [0.15, 0.2) is 0 Å². The van der Waals surface area contributed by atoms with Crippen molar-refractivity contribution < 1.29 is 9.84 Å². The summed E-state index contributed by atoms with van der Waals surface area (Å²) in [6.45, 7) is 1.91. The molecular weight excluding hydrogens is 282 g/mol. The first-order chi connectivity index (χ1) is 8.20. The standard InChI is InChI=1S/C13H12BrNO2/c1-9-6-11(2-3-12(9)14)17-13-4-5-15-7-10(13)8-16/h2-7,16H,8H2,1H3. The summed E-state index contributed by atoms with van der Waals surface area (Å²) in [5.41, 5.74) is 1.77. The Morgan fingerprint density at radius 3 is 2.88 bits per heavy atom. The van der Waals surface area contributed by atoms with E-state index in [1.165, 1.54) is 0 Å². The lowest BCUT2D eigenvalue weighted by molar-refractivity contribution is 0.276. The van der Waals surface area contributed by atoms with Gasteiger partial charge in [0.1, 0.15) is 11.5 Å². The molecule has 1 aromatic heterocycles. The molecule has 0 saturated carbocycles. The van der Waals surface area contributed by atoms with Crippen molar-refractivity contribution in [1.82, 2.24) is 4.98 Å². The number of nitrogens with zero attached hydrogens (tertiary/aromatic N) is 1. The van der Waals surface area contributed by atoms with Gasteiger partial charge in [0.25, 0.3) is 0 Å². The third-order valence-electron chi connectivity index (χ3n) is 2.39. The minimum absolute atomic E-state index is 0.0846. The monoisotopic (exact) mass is 293 g/mol. The molecule has 1 aromatic carbocycles. The molecule has 17 heavy (non-hydrogen) atoms. The molecule has 0 saturated heterocycles. The van der Waals surface area contributed by atoms with Gasteiger partial charge in [0.2, 0.25) is 0 Å². The van der Waals surface area contributed by atoms with Crippen LogP contribution in [-0.4, -0.2) is 10.1 Å². The Morgan fingerprint density at radius 1 is 1.35 bits per heavy atom. The van der Waals surface area contributed by atoms with Crippen LogP contribution in [0.25, 0.3) is 0 Å². The highest BCUT2D eigenvalue weighted by molar-refractivity contribution is 9.10. The topological polar surface area (TPSA) is 42.4 Å². The summed E-state index contributed by atoms with van der Waals surface area (Å²) in [6.07, 6.45) is 3.24. The number of benzene rings is 1. The number of aliphatic hydroxyl groups excluding tert-OH is 1. The van der Waals surface area contributed by atoms with Crippen molar-refractivity contribution in [3.05, 3.63) is 52.3 Å². The van der Waals surface area contributed by atoms with Gasteiger partial charge in [-0.15, -0.1) is 0 Å². The van der Waals surface area contributed by atoms with Crippen LogP contribution in [-0.2, 0) is 6.61 Å². The van der Waals surface area contributed by atoms with E-state index < -0.39 is 0 Å². The molecule has 0 amide bonds. The summed E-state index contributed by atoms with van der Waals surface area (Å²) < 4.78 is 6.76. The zero-order valence-electron chi connectivity index (χ0n) is 9.35. The Balaban J connectivity index is 2.28. The number of aromatic nitrogens is 1. The van der Waals surface area contributed by atoms with Crippen LogP contribution in [0.2, 0.25) is 0 Å². The first kappa shape index (κ1) is 12.1. The maximum Gasteiger partial charge on any atom is 0.136 e. The van der Waals surface area contributed by atoms with E-state index in [2.05, 4.69) is 20.9 Å². The summed E-state index contributed by atoms with van der Waals surface area (Å²) in [7, 11) is 0. The van der Waals surface area contributed by atoms with Gasteiger partial charge in [0.05, 0.1) is 6.61 Å². The highest BCUT2D eigenvalue weighted by atomic mass is 79.9. The number of pyridine rings is 1. The van der Waals surface area contributed by atoms with Crippen LogP contribution in [0.5, 0.6) is 11.5 Å². The van der Waals surface area contributed by atoms with Gasteiger partial charge >= 0.3 is 0 Å². The van der Waals surface area contributed by atoms with Crippen LogP contribution in [0.3, 0.4) is 0 Å². The van der Waals surface area contributed by atoms with Crippen LogP contribution >= 0.6 is 15.9 Å². The zero-order valence-corrected chi connectivity index (χ0v) is 10.9. The van der Waals surface area contributed by atoms with Gasteiger partial charge in [-0.2, -0.15) is 0 Å². The smallest absolute Gasteiger partial charge is 0.136 e. The minimum Gasteiger partial charge on any atom is -0.457 e. The van der Waals surface area contributed by atoms with E-state index in [9.17, 15) is 0 Å². The molecule has 0 aliphatic rings. The van der Waals surface area contributed by atoms with Crippen LogP contribution in [0.15, 0.2) is 41.1 Å². The van der Waals surface area contributed by atoms with Gasteiger partial charge < -0.3 is 9.84 Å². The van der Waals surface area contributed by atoms with Gasteiger partial charge in [-0.05, 0) is 36.8 Å². The van der Waals surface area contributed by atoms with Crippen LogP contribution < -0.4 is 4.74 Å². The van der Waals surface area contributed by atoms with Gasteiger partial charge in [0, 0.05) is 22.4 Å². The van der Waals surface area contributed by atoms with Crippen molar-refractivity contribution in [1.29, 1.82) is 0 Å². The van der Waals surface area contributed by atoms with Crippen LogP contribution in [0.4, 0.5) is 0 Å². The van der Waals surface area contributed by atoms with Crippen molar-refractivity contribution in [2.75, 3.05) is 0 Å². The van der Waals surface area contributed by atoms with Crippen LogP contribution in [0, 0.1) is 6.92 Å². The van der Waals surface area contributed by atoms with E-state index in [0.717, 1.165) is 15.8 Å². The quantitative estimate of drug-likeness (QED) is 0.943. The summed E-state index contributed by atoms with van der Waals surface area (Å²) in [6, 6.07) is 7.48. The molecule has 0 aliphatic carbocycles. The minimum atomic E-state index is -0.0846. The molecule has 0 fully saturated rings. The third kappa shape index (κ3) is 2.84. The van der Waals surface area contributed by atoms with Crippen molar-refractivity contribution in [3.63, 3.8) is 0 Å². The molecule has 0 radical (unpaired) electrons. The predicted octanol–water partition coefficient (Wildman–Crippen LogP) is 3.44. The van der Waals surface area contributed by atoms with E-state index in [4.69, 9.17) is 9.84 Å². The molecule has 0 aliphatic heterocycles. The van der Waals surface area contributed by atoms with E-state index in [1.807, 2.05) is 25.1 Å². The lowest BCUT2D eigenvalue weighted by Gasteiger charge is -2.10. The molecule has 0 unspecified atom stereocenters. The second-order valence-electron chi connectivity index (χ2n) is 3.65. The summed E-state index contributed by atoms with van der Waals surface area (Å²) in [4.78, 5) is 3.94. The molecule has 0 atom stereocenters. The zero-order chi connectivity index (χ0) is 12.3. The molecule has 4 heteroatoms. The Morgan fingerprint density at radius 2 is 2.18 bits per heavy atom. The Kier molecular flexibility index (Phi) is 3.76. The molecular formula is C13H12BrNO2. The first-order valence-corrected chi connectivity index (χ1v) is 5.98. The second kappa shape index (κ2) is 5.29. The molecule has 3 nitrogen and oxygen atoms in total. The SMILES string of the molecule is Cc1cc(Oc2ccncc2CO)ccc1Br. The van der Waals surface area contributed by atoms with Gasteiger partial charge in [-0.1, -0.05) is 15.9 Å². The number of ether oxygens (including phenoxy) is 1. The van der Waals surface area contributed by atoms with Crippen molar-refractivity contribution >= 4 is 15.9 Å². The first-order valence-electron chi connectivity index (χ1n) is 5.18. The molecule has 1 heterocycles. The van der Waals surface area contributed by atoms with E-state index >= 15 is 0 Å². The largest absolute Gasteiger partial charge is 0.457 e. The van der Waals surface area contributed by atoms with Crippen LogP contribution in [0.1, 0.15) is 11.1 Å². The van der Waals surface area contributed by atoms with E-state index in [1.54, 1.807) is 18.5 Å². The van der Waals surface area contributed by atoms with Crippen molar-refractivity contribution in [2.24, 2.45) is 0 Å². The van der Waals surface area contributed by atoms with Gasteiger partial charge in [-0.25, -0.2) is 0 Å². The fourth-order valence-corrected chi connectivity index (χ4v) is 1.69. The van der Waals surface area contributed by atoms with E-state index in [-0.39, 0.29) is 6.61 Å². The normalized spacial score (nSPS) is 10.3. The summed E-state index contributed by atoms with van der Waals surface area (Å²) in [5, 5.41) is 9.17. The number of halogens is 1. The average molecular weight is 294 g/mol. The van der Waals surface area contributed by atoms with Crippen molar-refractivity contribution in [3.8, 4) is 11.5 Å². The lowest BCUT2D eigenvalue weighted by atomic mass is 10.2. The maximum absolute atomic E-state index is 9.17. The highest BCUT2D eigenvalue weighted by Crippen LogP contribution is 2.27. The second-order valence-corrected chi connectivity index (χ2v) is 4.51. The molecule has 2 aromatic rings.